The van der Waals surface area contributed by atoms with Crippen molar-refractivity contribution in [2.24, 2.45) is 0 Å². The van der Waals surface area contributed by atoms with Crippen LogP contribution >= 0.6 is 19.8 Å². The van der Waals surface area contributed by atoms with Crippen molar-refractivity contribution < 1.29 is 30.0 Å². The Morgan fingerprint density at radius 1 is 1.45 bits per heavy atom. The minimum atomic E-state index is -3.75. The molecular formula is C4H12MnO3S3. The van der Waals surface area contributed by atoms with E-state index in [1.807, 2.05) is 6.92 Å². The molecular weight excluding hydrogens is 247 g/mol. The Balaban J connectivity index is 0. The van der Waals surface area contributed by atoms with E-state index in [0.717, 1.165) is 5.75 Å². The van der Waals surface area contributed by atoms with E-state index in [-0.39, 0.29) is 17.1 Å². The zero-order valence-electron chi connectivity index (χ0n) is 6.32. The smallest absolute Gasteiger partial charge is 0.278 e. The van der Waals surface area contributed by atoms with Gasteiger partial charge in [0.15, 0.2) is 0 Å². The van der Waals surface area contributed by atoms with Gasteiger partial charge in [-0.3, -0.25) is 4.55 Å². The zero-order chi connectivity index (χ0) is 8.20. The van der Waals surface area contributed by atoms with E-state index < -0.39 is 18.1 Å². The largest absolute Gasteiger partial charge is 0.308 e. The van der Waals surface area contributed by atoms with Crippen LogP contribution in [-0.4, -0.2) is 24.5 Å². The molecule has 0 heterocycles. The van der Waals surface area contributed by atoms with Gasteiger partial charge in [0.1, 0.15) is 0 Å². The van der Waals surface area contributed by atoms with Gasteiger partial charge in [0.05, 0.1) is 0 Å². The van der Waals surface area contributed by atoms with E-state index in [9.17, 15) is 8.42 Å². The standard InChI is InChI=1S/C4H12O3S3.Mn/c1-3-8-9(4-2)10(5,6)7;/h9H,3-4H2,1-2H3,(H,5,6,7);. The summed E-state index contributed by atoms with van der Waals surface area (Å²) in [6.45, 7) is 3.64. The van der Waals surface area contributed by atoms with Crippen LogP contribution in [0.15, 0.2) is 0 Å². The second-order valence-electron chi connectivity index (χ2n) is 1.51. The molecule has 0 rings (SSSR count). The van der Waals surface area contributed by atoms with Gasteiger partial charge in [0.25, 0.3) is 0 Å². The molecule has 3 nitrogen and oxygen atoms in total. The summed E-state index contributed by atoms with van der Waals surface area (Å²) in [5, 5.41) is 0. The summed E-state index contributed by atoms with van der Waals surface area (Å²) in [5.74, 6) is 1.26. The molecule has 1 radical (unpaired) electrons. The van der Waals surface area contributed by atoms with Crippen LogP contribution in [0.25, 0.3) is 0 Å². The molecule has 7 heteroatoms. The first-order chi connectivity index (χ1) is 4.52. The van der Waals surface area contributed by atoms with Crippen molar-refractivity contribution in [1.29, 1.82) is 0 Å². The molecule has 0 aliphatic carbocycles. The Kier molecular flexibility index (Phi) is 8.82. The van der Waals surface area contributed by atoms with Crippen LogP contribution in [-0.2, 0) is 26.2 Å². The van der Waals surface area contributed by atoms with Gasteiger partial charge in [-0.05, 0) is 5.75 Å². The third kappa shape index (κ3) is 6.30. The average molecular weight is 259 g/mol. The predicted molar refractivity (Wildman–Crippen MR) is 49.2 cm³/mol. The molecule has 0 fully saturated rings. The van der Waals surface area contributed by atoms with E-state index in [1.54, 1.807) is 6.92 Å². The molecule has 1 N–H and O–H groups in total. The summed E-state index contributed by atoms with van der Waals surface area (Å²) in [4.78, 5) is 0. The van der Waals surface area contributed by atoms with Crippen LogP contribution in [0.3, 0.4) is 0 Å². The van der Waals surface area contributed by atoms with E-state index in [4.69, 9.17) is 4.55 Å². The van der Waals surface area contributed by atoms with Crippen molar-refractivity contribution in [3.8, 4) is 0 Å². The van der Waals surface area contributed by atoms with Crippen LogP contribution in [0.5, 0.6) is 0 Å². The molecule has 0 aliphatic rings. The van der Waals surface area contributed by atoms with Crippen molar-refractivity contribution >= 4 is 28.9 Å². The number of rotatable bonds is 4. The third-order valence-corrected chi connectivity index (χ3v) is 9.74. The van der Waals surface area contributed by atoms with Gasteiger partial charge >= 0.3 is 9.15 Å². The SMILES string of the molecule is CCS[SH](CC)S(=O)(=O)O.[Mn]. The monoisotopic (exact) mass is 259 g/mol. The Morgan fingerprint density at radius 3 is 2.00 bits per heavy atom. The van der Waals surface area contributed by atoms with Gasteiger partial charge in [-0.15, -0.1) is 10.8 Å². The maximum Gasteiger partial charge on any atom is 0.308 e. The van der Waals surface area contributed by atoms with Crippen LogP contribution in [0.1, 0.15) is 13.8 Å². The number of hydrogen-bond donors (Lipinski definition) is 2. The van der Waals surface area contributed by atoms with Gasteiger partial charge in [-0.2, -0.15) is 8.42 Å². The molecule has 0 aromatic carbocycles. The predicted octanol–water partition coefficient (Wildman–Crippen LogP) is 1.48. The van der Waals surface area contributed by atoms with Crippen molar-refractivity contribution in [2.75, 3.05) is 11.5 Å². The maximum absolute atomic E-state index is 10.5. The summed E-state index contributed by atoms with van der Waals surface area (Å²) < 4.78 is 29.6. The van der Waals surface area contributed by atoms with Crippen molar-refractivity contribution in [2.45, 2.75) is 13.8 Å². The first-order valence-corrected chi connectivity index (χ1v) is 8.06. The molecule has 1 atom stereocenters. The normalized spacial score (nSPS) is 15.4. The summed E-state index contributed by atoms with van der Waals surface area (Å²) in [6.07, 6.45) is 0. The number of hydrogen-bond acceptors (Lipinski definition) is 3. The molecule has 0 aliphatic heterocycles. The Bertz CT molecular complexity index is 179. The molecule has 71 valence electrons. The molecule has 0 saturated carbocycles. The topological polar surface area (TPSA) is 54.4 Å². The molecule has 0 aromatic heterocycles. The maximum atomic E-state index is 10.5. The summed E-state index contributed by atoms with van der Waals surface area (Å²) in [7, 11) is -3.69. The van der Waals surface area contributed by atoms with E-state index >= 15 is 0 Å². The number of thiol groups is 1. The van der Waals surface area contributed by atoms with Gasteiger partial charge in [0, 0.05) is 22.8 Å². The summed E-state index contributed by atoms with van der Waals surface area (Å²) in [5.41, 5.74) is 0. The second kappa shape index (κ2) is 6.62. The molecule has 1 unspecified atom stereocenters. The van der Waals surface area contributed by atoms with E-state index in [2.05, 4.69) is 0 Å². The molecule has 0 bridgehead atoms. The van der Waals surface area contributed by atoms with Gasteiger partial charge in [0.2, 0.25) is 0 Å². The first kappa shape index (κ1) is 14.6. The molecule has 0 amide bonds. The molecule has 0 saturated heterocycles. The van der Waals surface area contributed by atoms with Gasteiger partial charge < -0.3 is 0 Å². The molecule has 0 aromatic rings. The minimum Gasteiger partial charge on any atom is -0.278 e. The van der Waals surface area contributed by atoms with Crippen LogP contribution in [0, 0.1) is 0 Å². The van der Waals surface area contributed by atoms with E-state index in [0.29, 0.717) is 5.75 Å². The average Bonchev–Trinajstić information content (AvgIpc) is 1.80. The third-order valence-electron chi connectivity index (χ3n) is 0.789. The Hall–Kier alpha value is 1.13. The van der Waals surface area contributed by atoms with Gasteiger partial charge in [-0.25, -0.2) is 0 Å². The van der Waals surface area contributed by atoms with Crippen molar-refractivity contribution in [3.63, 3.8) is 0 Å². The summed E-state index contributed by atoms with van der Waals surface area (Å²) in [6, 6.07) is 0. The second-order valence-corrected chi connectivity index (χ2v) is 10.0. The molecule has 0 spiro atoms. The Morgan fingerprint density at radius 2 is 1.91 bits per heavy atom. The summed E-state index contributed by atoms with van der Waals surface area (Å²) >= 11 is 0. The fourth-order valence-corrected chi connectivity index (χ4v) is 6.33. The molecule has 11 heavy (non-hydrogen) atoms. The van der Waals surface area contributed by atoms with Crippen LogP contribution in [0.4, 0.5) is 0 Å². The fraction of sp³-hybridized carbons (Fsp3) is 1.00. The van der Waals surface area contributed by atoms with Crippen LogP contribution in [0.2, 0.25) is 0 Å². The van der Waals surface area contributed by atoms with Crippen LogP contribution < -0.4 is 0 Å². The van der Waals surface area contributed by atoms with Crippen molar-refractivity contribution in [3.05, 3.63) is 0 Å². The fourth-order valence-electron chi connectivity index (χ4n) is 0.465. The zero-order valence-corrected chi connectivity index (χ0v) is 10.0. The first-order valence-electron chi connectivity index (χ1n) is 2.90. The Labute approximate surface area is 84.1 Å². The minimum absolute atomic E-state index is 0. The van der Waals surface area contributed by atoms with Crippen molar-refractivity contribution in [1.82, 2.24) is 0 Å². The van der Waals surface area contributed by atoms with E-state index in [1.165, 1.54) is 10.8 Å². The van der Waals surface area contributed by atoms with Gasteiger partial charge in [-0.1, -0.05) is 22.8 Å². The quantitative estimate of drug-likeness (QED) is 0.347.